The van der Waals surface area contributed by atoms with Gasteiger partial charge in [-0.3, -0.25) is 0 Å². The van der Waals surface area contributed by atoms with Gasteiger partial charge in [0.25, 0.3) is 0 Å². The quantitative estimate of drug-likeness (QED) is 0.413. The molecule has 2 N–H and O–H groups in total. The molecule has 24 heavy (non-hydrogen) atoms. The molecule has 1 aliphatic rings. The zero-order chi connectivity index (χ0) is 17.2. The highest BCUT2D eigenvalue weighted by atomic mass is 16.5. The number of benzene rings is 1. The number of ether oxygens (including phenoxy) is 2. The molecule has 0 aliphatic heterocycles. The lowest BCUT2D eigenvalue weighted by Gasteiger charge is -2.15. The predicted octanol–water partition coefficient (Wildman–Crippen LogP) is 2.69. The van der Waals surface area contributed by atoms with E-state index in [9.17, 15) is 9.90 Å². The van der Waals surface area contributed by atoms with Crippen LogP contribution in [0.1, 0.15) is 42.5 Å². The van der Waals surface area contributed by atoms with Gasteiger partial charge in [0.15, 0.2) is 0 Å². The van der Waals surface area contributed by atoms with Gasteiger partial charge < -0.3 is 19.9 Å². The van der Waals surface area contributed by atoms with Gasteiger partial charge in [0.05, 0.1) is 12.7 Å². The van der Waals surface area contributed by atoms with Crippen LogP contribution in [0.3, 0.4) is 0 Å². The molecule has 1 aliphatic carbocycles. The van der Waals surface area contributed by atoms with Crippen LogP contribution in [0.25, 0.3) is 0 Å². The van der Waals surface area contributed by atoms with E-state index in [4.69, 9.17) is 4.74 Å². The molecule has 0 bridgehead atoms. The highest BCUT2D eigenvalue weighted by Crippen LogP contribution is 2.19. The highest BCUT2D eigenvalue weighted by molar-refractivity contribution is 5.89. The third kappa shape index (κ3) is 6.34. The second-order valence-corrected chi connectivity index (χ2v) is 6.05. The Kier molecular flexibility index (Phi) is 7.79. The zero-order valence-electron chi connectivity index (χ0n) is 14.3. The summed E-state index contributed by atoms with van der Waals surface area (Å²) in [6.07, 6.45) is 7.83. The first-order valence-electron chi connectivity index (χ1n) is 8.57. The summed E-state index contributed by atoms with van der Waals surface area (Å²) < 4.78 is 10.2. The molecule has 2 rings (SSSR count). The maximum absolute atomic E-state index is 11.5. The van der Waals surface area contributed by atoms with Gasteiger partial charge in [-0.05, 0) is 56.8 Å². The molecule has 0 heterocycles. The maximum atomic E-state index is 11.5. The summed E-state index contributed by atoms with van der Waals surface area (Å²) in [5.41, 5.74) is 1.96. The third-order valence-electron chi connectivity index (χ3n) is 4.09. The van der Waals surface area contributed by atoms with Crippen LogP contribution < -0.4 is 10.1 Å². The fourth-order valence-electron chi connectivity index (χ4n) is 2.73. The molecule has 1 atom stereocenters. The van der Waals surface area contributed by atoms with E-state index >= 15 is 0 Å². The Morgan fingerprint density at radius 1 is 1.38 bits per heavy atom. The Bertz CT molecular complexity index is 556. The zero-order valence-corrected chi connectivity index (χ0v) is 14.3. The molecule has 5 heteroatoms. The predicted molar refractivity (Wildman–Crippen MR) is 93.3 cm³/mol. The summed E-state index contributed by atoms with van der Waals surface area (Å²) in [5.74, 6) is 0.143. The van der Waals surface area contributed by atoms with E-state index in [1.807, 2.05) is 0 Å². The molecule has 0 unspecified atom stereocenters. The lowest BCUT2D eigenvalue weighted by atomic mass is 9.97. The van der Waals surface area contributed by atoms with Crippen LogP contribution in [-0.4, -0.2) is 44.0 Å². The summed E-state index contributed by atoms with van der Waals surface area (Å²) in [6, 6.07) is 6.75. The van der Waals surface area contributed by atoms with Crippen LogP contribution in [0.5, 0.6) is 5.75 Å². The molecule has 132 valence electrons. The molecule has 0 aromatic heterocycles. The van der Waals surface area contributed by atoms with Gasteiger partial charge in [-0.2, -0.15) is 0 Å². The van der Waals surface area contributed by atoms with Crippen LogP contribution in [0.15, 0.2) is 35.9 Å². The number of methoxy groups -OCH3 is 1. The van der Waals surface area contributed by atoms with Gasteiger partial charge in [0, 0.05) is 6.54 Å². The minimum atomic E-state index is -0.591. The maximum Gasteiger partial charge on any atom is 0.337 e. The van der Waals surface area contributed by atoms with E-state index in [1.54, 1.807) is 24.3 Å². The minimum absolute atomic E-state index is 0.181. The number of aliphatic hydroxyl groups excluding tert-OH is 1. The normalized spacial score (nSPS) is 15.5. The second-order valence-electron chi connectivity index (χ2n) is 6.05. The Balaban J connectivity index is 1.64. The number of nitrogens with one attached hydrogen (secondary N) is 1. The van der Waals surface area contributed by atoms with Crippen LogP contribution in [0.4, 0.5) is 0 Å². The first kappa shape index (κ1) is 18.5. The van der Waals surface area contributed by atoms with Crippen molar-refractivity contribution in [2.24, 2.45) is 0 Å². The third-order valence-corrected chi connectivity index (χ3v) is 4.09. The SMILES string of the molecule is COC(=O)c1cccc(OC[C@@H](O)CNCCC2=CCCCC2)c1. The van der Waals surface area contributed by atoms with Crippen LogP contribution in [0.2, 0.25) is 0 Å². The molecular formula is C19H27NO4. The standard InChI is InChI=1S/C19H27NO4/c1-23-19(22)16-8-5-9-18(12-16)24-14-17(21)13-20-11-10-15-6-3-2-4-7-15/h5-6,8-9,12,17,20-21H,2-4,7,10-11,13-14H2,1H3/t17-/m0/s1. The Morgan fingerprint density at radius 2 is 2.25 bits per heavy atom. The molecule has 0 saturated carbocycles. The van der Waals surface area contributed by atoms with Crippen molar-refractivity contribution >= 4 is 5.97 Å². The molecule has 0 radical (unpaired) electrons. The number of carbonyl (C=O) groups is 1. The van der Waals surface area contributed by atoms with Crippen molar-refractivity contribution < 1.29 is 19.4 Å². The molecular weight excluding hydrogens is 306 g/mol. The first-order chi connectivity index (χ1) is 11.7. The average molecular weight is 333 g/mol. The number of rotatable bonds is 9. The Labute approximate surface area is 143 Å². The van der Waals surface area contributed by atoms with Gasteiger partial charge in [0.1, 0.15) is 18.5 Å². The number of carbonyl (C=O) groups excluding carboxylic acids is 1. The fourth-order valence-corrected chi connectivity index (χ4v) is 2.73. The van der Waals surface area contributed by atoms with Crippen LogP contribution in [-0.2, 0) is 4.74 Å². The summed E-state index contributed by atoms with van der Waals surface area (Å²) >= 11 is 0. The number of hydrogen-bond donors (Lipinski definition) is 2. The van der Waals surface area contributed by atoms with Crippen molar-refractivity contribution in [2.75, 3.05) is 26.8 Å². The minimum Gasteiger partial charge on any atom is -0.491 e. The van der Waals surface area contributed by atoms with Crippen molar-refractivity contribution in [2.45, 2.75) is 38.2 Å². The lowest BCUT2D eigenvalue weighted by molar-refractivity contribution is 0.0600. The van der Waals surface area contributed by atoms with Crippen molar-refractivity contribution in [3.8, 4) is 5.75 Å². The molecule has 0 saturated heterocycles. The van der Waals surface area contributed by atoms with Crippen molar-refractivity contribution in [3.05, 3.63) is 41.5 Å². The summed E-state index contributed by atoms with van der Waals surface area (Å²) in [4.78, 5) is 11.5. The van der Waals surface area contributed by atoms with E-state index < -0.39 is 12.1 Å². The smallest absolute Gasteiger partial charge is 0.337 e. The fraction of sp³-hybridized carbons (Fsp3) is 0.526. The summed E-state index contributed by atoms with van der Waals surface area (Å²) in [7, 11) is 1.34. The van der Waals surface area contributed by atoms with E-state index in [1.165, 1.54) is 38.4 Å². The van der Waals surface area contributed by atoms with Gasteiger partial charge in [-0.1, -0.05) is 17.7 Å². The average Bonchev–Trinajstić information content (AvgIpc) is 2.64. The van der Waals surface area contributed by atoms with Crippen molar-refractivity contribution in [1.82, 2.24) is 5.32 Å². The van der Waals surface area contributed by atoms with Gasteiger partial charge in [-0.15, -0.1) is 0 Å². The molecule has 1 aromatic carbocycles. The monoisotopic (exact) mass is 333 g/mol. The molecule has 0 amide bonds. The van der Waals surface area contributed by atoms with Gasteiger partial charge >= 0.3 is 5.97 Å². The van der Waals surface area contributed by atoms with Crippen LogP contribution >= 0.6 is 0 Å². The molecule has 5 nitrogen and oxygen atoms in total. The molecule has 0 spiro atoms. The van der Waals surface area contributed by atoms with E-state index in [2.05, 4.69) is 16.1 Å². The van der Waals surface area contributed by atoms with E-state index in [-0.39, 0.29) is 6.61 Å². The van der Waals surface area contributed by atoms with Gasteiger partial charge in [-0.25, -0.2) is 4.79 Å². The van der Waals surface area contributed by atoms with E-state index in [0.29, 0.717) is 17.9 Å². The highest BCUT2D eigenvalue weighted by Gasteiger charge is 2.09. The number of allylic oxidation sites excluding steroid dienone is 1. The number of hydrogen-bond acceptors (Lipinski definition) is 5. The van der Waals surface area contributed by atoms with Crippen molar-refractivity contribution in [1.29, 1.82) is 0 Å². The summed E-state index contributed by atoms with van der Waals surface area (Å²) in [5, 5.41) is 13.2. The lowest BCUT2D eigenvalue weighted by Crippen LogP contribution is -2.32. The van der Waals surface area contributed by atoms with E-state index in [0.717, 1.165) is 13.0 Å². The first-order valence-corrected chi connectivity index (χ1v) is 8.57. The number of esters is 1. The molecule has 1 aromatic rings. The second kappa shape index (κ2) is 10.1. The Hall–Kier alpha value is -1.85. The van der Waals surface area contributed by atoms with Gasteiger partial charge in [0.2, 0.25) is 0 Å². The number of aliphatic hydroxyl groups is 1. The van der Waals surface area contributed by atoms with Crippen LogP contribution in [0, 0.1) is 0 Å². The van der Waals surface area contributed by atoms with Crippen molar-refractivity contribution in [3.63, 3.8) is 0 Å². The largest absolute Gasteiger partial charge is 0.491 e. The summed E-state index contributed by atoms with van der Waals surface area (Å²) in [6.45, 7) is 1.55. The topological polar surface area (TPSA) is 67.8 Å². The Morgan fingerprint density at radius 3 is 3.00 bits per heavy atom. The molecule has 0 fully saturated rings.